The minimum atomic E-state index is -2.58. The van der Waals surface area contributed by atoms with Crippen molar-refractivity contribution in [2.75, 3.05) is 40.0 Å². The zero-order valence-corrected chi connectivity index (χ0v) is 60.1. The van der Waals surface area contributed by atoms with Crippen LogP contribution in [-0.4, -0.2) is 217 Å². The van der Waals surface area contributed by atoms with E-state index in [2.05, 4.69) is 42.5 Å². The molecule has 2 fully saturated rings. The van der Waals surface area contributed by atoms with Crippen molar-refractivity contribution in [3.05, 3.63) is 116 Å². The maximum absolute atomic E-state index is 16.1. The summed E-state index contributed by atoms with van der Waals surface area (Å²) in [4.78, 5) is 118. The van der Waals surface area contributed by atoms with Crippen LogP contribution < -0.4 is 73.9 Å². The van der Waals surface area contributed by atoms with E-state index in [1.807, 2.05) is 0 Å². The number of hydrogen-bond acceptors (Lipinski definition) is 28. The lowest BCUT2D eigenvalue weighted by atomic mass is 9.86. The quantitative estimate of drug-likeness (QED) is 0.0340. The molecule has 11 bridgehead atoms. The van der Waals surface area contributed by atoms with Gasteiger partial charge in [-0.25, -0.2) is 4.79 Å². The first kappa shape index (κ1) is 81.2. The Balaban J connectivity index is 1.23. The SMILES string of the molecule is CN[C@H](CC(C)C)C(=O)NC1C(=O)NC(C(N)=O)C(=O)N[C@H]2C(=O)N[C@H]3C(=O)N[C@H](C(=O)N[C@H](C(=O)O)c4cc(O)c(CNCCOCCN)c(O)c4-c4cc3ccc4O)[C@H](O)c3ccc(c(Cl)c3)Oc3cc2cc(c3O[C@@H]2O[C@H](CO)[C@@H](O)[C@H](O)[C@H]2O[C@H]2C[C@](C)(N)[C@H](O)[C@H](C)O2)Oc2ccc(cc2Cl)[C@H]1O. The average molecular weight is 1550 g/mol. The van der Waals surface area contributed by atoms with Gasteiger partial charge in [0.25, 0.3) is 5.91 Å². The number of rotatable bonds is 19. The Bertz CT molecular complexity index is 4250. The fourth-order valence-corrected chi connectivity index (χ4v) is 13.5. The Morgan fingerprint density at radius 1 is 0.722 bits per heavy atom. The molecule has 584 valence electrons. The van der Waals surface area contributed by atoms with Crippen molar-refractivity contribution in [1.29, 1.82) is 0 Å². The molecule has 0 spiro atoms. The van der Waals surface area contributed by atoms with Crippen LogP contribution in [0, 0.1) is 5.92 Å². The molecule has 0 aliphatic carbocycles. The number of carboxylic acid groups (broad SMARTS) is 1. The highest BCUT2D eigenvalue weighted by Gasteiger charge is 2.52. The Morgan fingerprint density at radius 2 is 1.33 bits per heavy atom. The minimum Gasteiger partial charge on any atom is -0.507 e. The largest absolute Gasteiger partial charge is 0.507 e. The number of likely N-dealkylation sites (N-methyl/N-ethyl adjacent to an activating group) is 1. The first-order chi connectivity index (χ1) is 51.1. The summed E-state index contributed by atoms with van der Waals surface area (Å²) in [6, 6.07) is -2.37. The first-order valence-electron chi connectivity index (χ1n) is 34.1. The number of primary amides is 1. The van der Waals surface area contributed by atoms with Crippen LogP contribution in [0.25, 0.3) is 11.1 Å². The van der Waals surface area contributed by atoms with E-state index in [-0.39, 0.29) is 79.1 Å². The van der Waals surface area contributed by atoms with E-state index < -0.39 is 236 Å². The van der Waals surface area contributed by atoms with Gasteiger partial charge >= 0.3 is 5.97 Å². The molecule has 108 heavy (non-hydrogen) atoms. The third kappa shape index (κ3) is 17.5. The van der Waals surface area contributed by atoms with E-state index in [1.165, 1.54) is 33.0 Å². The van der Waals surface area contributed by atoms with Crippen molar-refractivity contribution < 1.29 is 123 Å². The number of aromatic hydroxyl groups is 3. The van der Waals surface area contributed by atoms with Crippen molar-refractivity contribution in [3.63, 3.8) is 0 Å². The number of carboxylic acids is 1. The second-order valence-electron chi connectivity index (χ2n) is 27.2. The maximum Gasteiger partial charge on any atom is 0.330 e. The molecule has 5 aromatic carbocycles. The second kappa shape index (κ2) is 34.1. The lowest BCUT2D eigenvalue weighted by molar-refractivity contribution is -0.333. The normalized spacial score (nSPS) is 28.3. The number of nitrogens with two attached hydrogens (primary N) is 3. The predicted octanol–water partition coefficient (Wildman–Crippen LogP) is -1.22. The molecule has 18 atom stereocenters. The molecule has 12 rings (SSSR count). The van der Waals surface area contributed by atoms with Crippen LogP contribution >= 0.6 is 23.2 Å². The second-order valence-corrected chi connectivity index (χ2v) is 28.0. The van der Waals surface area contributed by atoms with E-state index in [9.17, 15) is 70.2 Å². The van der Waals surface area contributed by atoms with Crippen molar-refractivity contribution in [2.24, 2.45) is 23.1 Å². The zero-order valence-electron chi connectivity index (χ0n) is 58.6. The standard InChI is InChI=1S/C70H85Cl2N11O25/c1-26(2)16-37(76-5)62(94)81-50-53(87)29-7-10-40(35(71)18-29)104-42-20-31-21-43(58(42)108-69-59(57(91)56(90)44(25-84)106-69)107-45-23-70(4,75)60(92)27(3)103-45)105-41-11-8-30(19-36(41)72)54(88)51-65(97)80-49(68(100)101)33-22-39(86)34(24-77-13-15-102-14-12-73)55(89)46(33)32-17-28(6-9-38(32)85)47(63(95)82-51)78-64(96)48(31)79-67(99)52(61(74)93)83-66(50)98/h6-11,17-22,26-27,37,44-45,47-54,56-57,59-60,69,76-77,84-92H,12-16,23-25,73,75H2,1-5H3,(H2,74,93)(H,78,96)(H,79,99)(H,80,97)(H,81,94)(H,82,95)(H,83,98)(H,100,101)/t27-,37+,44+,45-,47+,48+,49-,50?,51-,52?,53+,54+,56+,57-,59+,60+,69-,70-/m0/s1. The van der Waals surface area contributed by atoms with Crippen LogP contribution in [0.5, 0.6) is 46.0 Å². The molecule has 36 nitrogen and oxygen atoms in total. The Kier molecular flexibility index (Phi) is 25.6. The minimum absolute atomic E-state index is 0.0950. The molecule has 0 radical (unpaired) electrons. The lowest BCUT2D eigenvalue weighted by Gasteiger charge is -2.47. The van der Waals surface area contributed by atoms with Crippen LogP contribution in [0.3, 0.4) is 0 Å². The zero-order chi connectivity index (χ0) is 78.7. The van der Waals surface area contributed by atoms with Crippen molar-refractivity contribution >= 4 is 70.5 Å². The van der Waals surface area contributed by atoms with Gasteiger partial charge in [0.2, 0.25) is 47.5 Å². The van der Waals surface area contributed by atoms with Gasteiger partial charge in [0, 0.05) is 48.3 Å². The average Bonchev–Trinajstić information content (AvgIpc) is 0.759. The predicted molar refractivity (Wildman–Crippen MR) is 376 cm³/mol. The topological polar surface area (TPSA) is 578 Å². The Morgan fingerprint density at radius 3 is 1.93 bits per heavy atom. The summed E-state index contributed by atoms with van der Waals surface area (Å²) >= 11 is 14.2. The fourth-order valence-electron chi connectivity index (χ4n) is 13.1. The smallest absolute Gasteiger partial charge is 0.330 e. The van der Waals surface area contributed by atoms with E-state index in [1.54, 1.807) is 13.8 Å². The number of ether oxygens (including phenoxy) is 7. The number of aliphatic hydroxyl groups is 6. The number of hydrogen-bond donors (Lipinski definition) is 21. The number of aliphatic hydroxyl groups excluding tert-OH is 6. The molecule has 7 heterocycles. The highest BCUT2D eigenvalue weighted by molar-refractivity contribution is 6.32. The van der Waals surface area contributed by atoms with Gasteiger partial charge in [0.1, 0.15) is 83.4 Å². The maximum atomic E-state index is 16.1. The monoisotopic (exact) mass is 1550 g/mol. The summed E-state index contributed by atoms with van der Waals surface area (Å²) in [7, 11) is 1.46. The summed E-state index contributed by atoms with van der Waals surface area (Å²) in [6.07, 6.45) is -17.7. The number of halogens is 2. The lowest BCUT2D eigenvalue weighted by Crippen LogP contribution is -2.64. The summed E-state index contributed by atoms with van der Waals surface area (Å²) in [5, 5.41) is 136. The fraction of sp³-hybridized carbons (Fsp3) is 0.457. The van der Waals surface area contributed by atoms with Crippen LogP contribution in [-0.2, 0) is 63.8 Å². The summed E-state index contributed by atoms with van der Waals surface area (Å²) in [5.41, 5.74) is 13.2. The molecule has 0 saturated carbocycles. The third-order valence-electron chi connectivity index (χ3n) is 18.8. The summed E-state index contributed by atoms with van der Waals surface area (Å²) in [5.74, 6) is -17.0. The van der Waals surface area contributed by atoms with Crippen LogP contribution in [0.2, 0.25) is 10.0 Å². The molecule has 7 aliphatic heterocycles. The van der Waals surface area contributed by atoms with Gasteiger partial charge < -0.3 is 144 Å². The van der Waals surface area contributed by atoms with Gasteiger partial charge in [-0.2, -0.15) is 0 Å². The third-order valence-corrected chi connectivity index (χ3v) is 19.4. The molecule has 2 saturated heterocycles. The Labute approximate surface area is 625 Å². The molecule has 5 aromatic rings. The van der Waals surface area contributed by atoms with Gasteiger partial charge in [-0.05, 0) is 110 Å². The number of fused-ring (bicyclic) bond motifs is 15. The molecule has 24 N–H and O–H groups in total. The van der Waals surface area contributed by atoms with Gasteiger partial charge in [-0.3, -0.25) is 33.6 Å². The van der Waals surface area contributed by atoms with Crippen molar-refractivity contribution in [2.45, 2.75) is 156 Å². The highest BCUT2D eigenvalue weighted by Crippen LogP contribution is 2.50. The molecular weight excluding hydrogens is 1470 g/mol. The van der Waals surface area contributed by atoms with Gasteiger partial charge in [0.15, 0.2) is 36.0 Å². The van der Waals surface area contributed by atoms with Gasteiger partial charge in [0.05, 0.1) is 53.7 Å². The number of phenols is 3. The number of carbonyl (C=O) groups is 8. The number of amides is 7. The van der Waals surface area contributed by atoms with Crippen LogP contribution in [0.1, 0.15) is 104 Å². The summed E-state index contributed by atoms with van der Waals surface area (Å²) < 4.78 is 43.8. The van der Waals surface area contributed by atoms with Crippen molar-refractivity contribution in [3.8, 4) is 57.1 Å². The molecule has 7 aliphatic rings. The number of nitrogens with one attached hydrogen (secondary N) is 8. The van der Waals surface area contributed by atoms with E-state index >= 15 is 19.2 Å². The van der Waals surface area contributed by atoms with Crippen molar-refractivity contribution in [1.82, 2.24) is 42.5 Å². The number of benzene rings is 5. The molecule has 7 amide bonds. The highest BCUT2D eigenvalue weighted by atomic mass is 35.5. The molecule has 0 aromatic heterocycles. The summed E-state index contributed by atoms with van der Waals surface area (Å²) in [6.45, 7) is 5.84. The molecule has 38 heteroatoms. The number of phenolic OH excluding ortho intramolecular Hbond substituents is 3. The Hall–Kier alpha value is -9.32. The van der Waals surface area contributed by atoms with E-state index in [0.29, 0.717) is 0 Å². The van der Waals surface area contributed by atoms with Crippen LogP contribution in [0.4, 0.5) is 0 Å². The number of aliphatic carboxylic acids is 1. The number of carbonyl (C=O) groups excluding carboxylic acids is 7. The first-order valence-corrected chi connectivity index (χ1v) is 34.9. The van der Waals surface area contributed by atoms with Gasteiger partial charge in [-0.1, -0.05) is 55.2 Å². The van der Waals surface area contributed by atoms with E-state index in [4.69, 9.17) is 73.6 Å². The van der Waals surface area contributed by atoms with Crippen LogP contribution in [0.15, 0.2) is 72.8 Å². The van der Waals surface area contributed by atoms with E-state index in [0.717, 1.165) is 60.7 Å². The molecular formula is C70H85Cl2N11O25. The molecule has 2 unspecified atom stereocenters. The van der Waals surface area contributed by atoms with Gasteiger partial charge in [-0.15, -0.1) is 0 Å².